The van der Waals surface area contributed by atoms with E-state index in [1.807, 2.05) is 18.2 Å². The molecular weight excluding hydrogens is 422 g/mol. The van der Waals surface area contributed by atoms with Crippen molar-refractivity contribution in [2.24, 2.45) is 7.05 Å². The Balaban J connectivity index is 1.53. The van der Waals surface area contributed by atoms with E-state index < -0.39 is 17.9 Å². The van der Waals surface area contributed by atoms with Gasteiger partial charge in [-0.3, -0.25) is 9.36 Å². The monoisotopic (exact) mass is 445 g/mol. The molecule has 3 aromatic rings. The fourth-order valence-corrected chi connectivity index (χ4v) is 3.82. The summed E-state index contributed by atoms with van der Waals surface area (Å²) in [6.45, 7) is 9.29. The predicted octanol–water partition coefficient (Wildman–Crippen LogP) is 2.28. The Hall–Kier alpha value is -3.92. The number of aryl methyl sites for hydroxylation is 1. The molecule has 0 spiro atoms. The van der Waals surface area contributed by atoms with E-state index in [9.17, 15) is 14.9 Å². The van der Waals surface area contributed by atoms with E-state index in [1.54, 1.807) is 25.2 Å². The normalized spacial score (nSPS) is 17.0. The van der Waals surface area contributed by atoms with E-state index in [-0.39, 0.29) is 12.3 Å². The number of carbonyl (C=O) groups is 1. The fraction of sp³-hybridized carbons (Fsp3) is 0.333. The number of oxazole rings is 1. The molecule has 1 saturated heterocycles. The molecule has 2 N–H and O–H groups in total. The van der Waals surface area contributed by atoms with Gasteiger partial charge in [0.2, 0.25) is 0 Å². The molecule has 1 fully saturated rings. The Morgan fingerprint density at radius 2 is 2.15 bits per heavy atom. The van der Waals surface area contributed by atoms with Crippen LogP contribution < -0.4 is 16.4 Å². The maximum absolute atomic E-state index is 12.5. The van der Waals surface area contributed by atoms with Gasteiger partial charge in [-0.1, -0.05) is 18.2 Å². The van der Waals surface area contributed by atoms with Crippen molar-refractivity contribution in [3.8, 4) is 17.2 Å². The van der Waals surface area contributed by atoms with Gasteiger partial charge in [-0.05, 0) is 54.3 Å². The molecule has 0 saturated carbocycles. The number of amides is 1. The first-order valence-electron chi connectivity index (χ1n) is 10.6. The fourth-order valence-electron chi connectivity index (χ4n) is 3.82. The maximum atomic E-state index is 12.5. The molecule has 9 heteroatoms. The molecule has 9 nitrogen and oxygen atoms in total. The van der Waals surface area contributed by atoms with Crippen LogP contribution in [-0.2, 0) is 23.0 Å². The highest BCUT2D eigenvalue weighted by Crippen LogP contribution is 2.30. The minimum absolute atomic E-state index is 0.204. The topological polar surface area (TPSA) is 114 Å². The standard InChI is InChI=1S/C24H23N5O4/c1-26-19-11-15(16-6-7-21-20(12-16)29(2)24(31)33-21)4-5-17(19)10-18(13-25)28-23(30)22-14-27-8-3-9-32-22/h4-7,11-12,18,22,27H,3,8-10,14H2,2H3,(H,28,30)/t18-,22-/m0/s1. The Morgan fingerprint density at radius 3 is 2.94 bits per heavy atom. The number of carbonyl (C=O) groups excluding carboxylic acids is 1. The number of hydrogen-bond acceptors (Lipinski definition) is 6. The van der Waals surface area contributed by atoms with Crippen LogP contribution in [0.5, 0.6) is 0 Å². The number of ether oxygens (including phenoxy) is 1. The molecule has 1 aromatic heterocycles. The van der Waals surface area contributed by atoms with Crippen molar-refractivity contribution in [1.82, 2.24) is 15.2 Å². The molecule has 1 amide bonds. The third-order valence-corrected chi connectivity index (χ3v) is 5.67. The Bertz CT molecular complexity index is 1320. The molecule has 0 bridgehead atoms. The largest absolute Gasteiger partial charge is 0.419 e. The minimum Gasteiger partial charge on any atom is -0.408 e. The van der Waals surface area contributed by atoms with Crippen LogP contribution in [0.4, 0.5) is 5.69 Å². The van der Waals surface area contributed by atoms with Crippen LogP contribution >= 0.6 is 0 Å². The smallest absolute Gasteiger partial charge is 0.408 e. The first-order chi connectivity index (χ1) is 16.0. The van der Waals surface area contributed by atoms with Gasteiger partial charge in [-0.25, -0.2) is 9.64 Å². The summed E-state index contributed by atoms with van der Waals surface area (Å²) >= 11 is 0. The maximum Gasteiger partial charge on any atom is 0.419 e. The molecule has 2 atom stereocenters. The molecule has 0 aliphatic carbocycles. The van der Waals surface area contributed by atoms with Gasteiger partial charge in [0.15, 0.2) is 11.3 Å². The zero-order valence-corrected chi connectivity index (χ0v) is 18.1. The number of benzene rings is 2. The number of fused-ring (bicyclic) bond motifs is 1. The van der Waals surface area contributed by atoms with Crippen molar-refractivity contribution in [2.45, 2.75) is 25.0 Å². The highest BCUT2D eigenvalue weighted by molar-refractivity contribution is 5.83. The van der Waals surface area contributed by atoms with Crippen molar-refractivity contribution in [3.05, 3.63) is 63.9 Å². The molecule has 33 heavy (non-hydrogen) atoms. The summed E-state index contributed by atoms with van der Waals surface area (Å²) in [7, 11) is 1.64. The summed E-state index contributed by atoms with van der Waals surface area (Å²) in [5.74, 6) is -0.773. The number of rotatable bonds is 5. The van der Waals surface area contributed by atoms with Gasteiger partial charge in [0.05, 0.1) is 18.2 Å². The number of aromatic nitrogens is 1. The van der Waals surface area contributed by atoms with Crippen molar-refractivity contribution >= 4 is 22.7 Å². The molecule has 1 aliphatic rings. The van der Waals surface area contributed by atoms with Gasteiger partial charge < -0.3 is 19.8 Å². The van der Waals surface area contributed by atoms with Crippen molar-refractivity contribution < 1.29 is 13.9 Å². The summed E-state index contributed by atoms with van der Waals surface area (Å²) in [6.07, 6.45) is 0.394. The lowest BCUT2D eigenvalue weighted by atomic mass is 9.98. The highest BCUT2D eigenvalue weighted by atomic mass is 16.5. The molecular formula is C24H23N5O4. The summed E-state index contributed by atoms with van der Waals surface area (Å²) in [5, 5.41) is 15.4. The quantitative estimate of drug-likeness (QED) is 0.583. The molecule has 0 radical (unpaired) electrons. The summed E-state index contributed by atoms with van der Waals surface area (Å²) < 4.78 is 12.2. The molecule has 2 aromatic carbocycles. The van der Waals surface area contributed by atoms with Gasteiger partial charge in [0.25, 0.3) is 5.91 Å². The van der Waals surface area contributed by atoms with Crippen LogP contribution in [0.2, 0.25) is 0 Å². The average molecular weight is 445 g/mol. The van der Waals surface area contributed by atoms with Crippen molar-refractivity contribution in [2.75, 3.05) is 19.7 Å². The number of nitriles is 1. The molecule has 1 aliphatic heterocycles. The van der Waals surface area contributed by atoms with E-state index in [4.69, 9.17) is 15.7 Å². The number of nitrogens with zero attached hydrogens (tertiary/aromatic N) is 3. The Labute approximate surface area is 190 Å². The lowest BCUT2D eigenvalue weighted by Gasteiger charge is -2.18. The summed E-state index contributed by atoms with van der Waals surface area (Å²) in [5.41, 5.74) is 3.85. The van der Waals surface area contributed by atoms with Crippen LogP contribution in [-0.4, -0.2) is 42.3 Å². The molecule has 2 heterocycles. The first-order valence-corrected chi connectivity index (χ1v) is 10.6. The predicted molar refractivity (Wildman–Crippen MR) is 122 cm³/mol. The van der Waals surface area contributed by atoms with E-state index in [2.05, 4.69) is 21.5 Å². The van der Waals surface area contributed by atoms with Crippen molar-refractivity contribution in [3.63, 3.8) is 0 Å². The van der Waals surface area contributed by atoms with Crippen LogP contribution in [0.25, 0.3) is 27.1 Å². The lowest BCUT2D eigenvalue weighted by molar-refractivity contribution is -0.132. The SMILES string of the molecule is [C-]#[N+]c1cc(-c2ccc3oc(=O)n(C)c3c2)ccc1C[C@@H](C#N)NC(=O)[C@@H]1CNCCCO1. The third kappa shape index (κ3) is 4.80. The van der Waals surface area contributed by atoms with Crippen LogP contribution in [0, 0.1) is 17.9 Å². The van der Waals surface area contributed by atoms with Crippen LogP contribution in [0.15, 0.2) is 45.6 Å². The second-order valence-corrected chi connectivity index (χ2v) is 7.88. The van der Waals surface area contributed by atoms with Gasteiger partial charge in [-0.15, -0.1) is 0 Å². The Kier molecular flexibility index (Phi) is 6.55. The van der Waals surface area contributed by atoms with E-state index in [0.717, 1.165) is 24.1 Å². The molecule has 0 unspecified atom stereocenters. The first kappa shape index (κ1) is 22.3. The number of nitrogens with one attached hydrogen (secondary N) is 2. The summed E-state index contributed by atoms with van der Waals surface area (Å²) in [4.78, 5) is 27.9. The van der Waals surface area contributed by atoms with E-state index >= 15 is 0 Å². The van der Waals surface area contributed by atoms with Gasteiger partial charge >= 0.3 is 5.76 Å². The van der Waals surface area contributed by atoms with Crippen molar-refractivity contribution in [1.29, 1.82) is 5.26 Å². The highest BCUT2D eigenvalue weighted by Gasteiger charge is 2.24. The lowest BCUT2D eigenvalue weighted by Crippen LogP contribution is -2.46. The van der Waals surface area contributed by atoms with Crippen LogP contribution in [0.3, 0.4) is 0 Å². The summed E-state index contributed by atoms with van der Waals surface area (Å²) in [6, 6.07) is 12.1. The molecule has 168 valence electrons. The van der Waals surface area contributed by atoms with Gasteiger partial charge in [0.1, 0.15) is 12.1 Å². The van der Waals surface area contributed by atoms with Gasteiger partial charge in [0, 0.05) is 20.2 Å². The van der Waals surface area contributed by atoms with Crippen LogP contribution in [0.1, 0.15) is 12.0 Å². The second-order valence-electron chi connectivity index (χ2n) is 7.88. The van der Waals surface area contributed by atoms with E-state index in [0.29, 0.717) is 35.5 Å². The minimum atomic E-state index is -0.785. The Morgan fingerprint density at radius 1 is 1.36 bits per heavy atom. The average Bonchev–Trinajstić information content (AvgIpc) is 3.01. The zero-order chi connectivity index (χ0) is 23.4. The third-order valence-electron chi connectivity index (χ3n) is 5.67. The van der Waals surface area contributed by atoms with Gasteiger partial charge in [-0.2, -0.15) is 5.26 Å². The second kappa shape index (κ2) is 9.70. The van der Waals surface area contributed by atoms with E-state index in [1.165, 1.54) is 4.57 Å². The molecule has 4 rings (SSSR count). The number of hydrogen-bond donors (Lipinski definition) is 2. The zero-order valence-electron chi connectivity index (χ0n) is 18.1.